The Morgan fingerprint density at radius 1 is 1.13 bits per heavy atom. The summed E-state index contributed by atoms with van der Waals surface area (Å²) >= 11 is 1.16. The number of rotatable bonds is 6. The fourth-order valence-corrected chi connectivity index (χ4v) is 5.47. The molecule has 31 heavy (non-hydrogen) atoms. The molecule has 2 heterocycles. The third-order valence-electron chi connectivity index (χ3n) is 4.99. The van der Waals surface area contributed by atoms with Gasteiger partial charge in [-0.25, -0.2) is 8.42 Å². The van der Waals surface area contributed by atoms with E-state index in [9.17, 15) is 18.0 Å². The number of nitrogens with one attached hydrogen (secondary N) is 1. The molecule has 3 aromatic rings. The highest BCUT2D eigenvalue weighted by Crippen LogP contribution is 2.35. The van der Waals surface area contributed by atoms with Crippen molar-refractivity contribution >= 4 is 43.8 Å². The maximum atomic E-state index is 12.5. The molecule has 1 N–H and O–H groups in total. The van der Waals surface area contributed by atoms with Gasteiger partial charge in [-0.3, -0.25) is 14.9 Å². The Morgan fingerprint density at radius 3 is 2.58 bits per heavy atom. The van der Waals surface area contributed by atoms with Crippen LogP contribution in [0.3, 0.4) is 0 Å². The second-order valence-electron chi connectivity index (χ2n) is 7.26. The van der Waals surface area contributed by atoms with Crippen LogP contribution in [0, 0.1) is 6.92 Å². The molecular weight excluding hydrogens is 436 g/mol. The molecule has 2 amide bonds. The summed E-state index contributed by atoms with van der Waals surface area (Å²) in [6.45, 7) is 2.44. The minimum atomic E-state index is -3.74. The summed E-state index contributed by atoms with van der Waals surface area (Å²) in [7, 11) is -3.74. The minimum Gasteiger partial charge on any atom is -0.311 e. The first-order valence-electron chi connectivity index (χ1n) is 9.60. The standard InChI is InChI=1S/C21H20N4O4S2/c1-14-7-5-6-10-17(14)25-12-15(11-19(25)27)20-23-24-21(30-20)22-18(26)13-31(28,29)16-8-3-2-4-9-16/h2-10,15H,11-13H2,1H3,(H,22,24,26)/t15-/m0/s1. The summed E-state index contributed by atoms with van der Waals surface area (Å²) < 4.78 is 24.7. The number of amides is 2. The van der Waals surface area contributed by atoms with Crippen LogP contribution in [0.5, 0.6) is 0 Å². The number of hydrogen-bond donors (Lipinski definition) is 1. The van der Waals surface area contributed by atoms with E-state index in [0.29, 0.717) is 18.0 Å². The number of benzene rings is 2. The second kappa shape index (κ2) is 8.56. The molecule has 10 heteroatoms. The normalized spacial score (nSPS) is 16.5. The molecule has 0 unspecified atom stereocenters. The smallest absolute Gasteiger partial charge is 0.241 e. The van der Waals surface area contributed by atoms with Gasteiger partial charge in [-0.2, -0.15) is 0 Å². The van der Waals surface area contributed by atoms with Gasteiger partial charge in [0.15, 0.2) is 9.84 Å². The van der Waals surface area contributed by atoms with Crippen LogP contribution in [0.15, 0.2) is 59.5 Å². The quantitative estimate of drug-likeness (QED) is 0.611. The van der Waals surface area contributed by atoms with Crippen molar-refractivity contribution in [1.82, 2.24) is 10.2 Å². The number of aromatic nitrogens is 2. The first kappa shape index (κ1) is 21.1. The fraction of sp³-hybridized carbons (Fsp3) is 0.238. The molecule has 1 aliphatic heterocycles. The predicted molar refractivity (Wildman–Crippen MR) is 118 cm³/mol. The van der Waals surface area contributed by atoms with Gasteiger partial charge in [-0.05, 0) is 30.7 Å². The molecule has 0 saturated carbocycles. The van der Waals surface area contributed by atoms with Gasteiger partial charge < -0.3 is 4.90 Å². The summed E-state index contributed by atoms with van der Waals surface area (Å²) in [5, 5.41) is 11.4. The third-order valence-corrected chi connectivity index (χ3v) is 7.62. The molecule has 0 bridgehead atoms. The van der Waals surface area contributed by atoms with Crippen LogP contribution in [0.4, 0.5) is 10.8 Å². The number of carbonyl (C=O) groups excluding carboxylic acids is 2. The maximum absolute atomic E-state index is 12.5. The van der Waals surface area contributed by atoms with Crippen LogP contribution in [-0.2, 0) is 19.4 Å². The minimum absolute atomic E-state index is 0.00837. The zero-order chi connectivity index (χ0) is 22.0. The molecule has 8 nitrogen and oxygen atoms in total. The molecular formula is C21H20N4O4S2. The van der Waals surface area contributed by atoms with Crippen molar-refractivity contribution in [3.63, 3.8) is 0 Å². The summed E-state index contributed by atoms with van der Waals surface area (Å²) in [5.74, 6) is -1.50. The van der Waals surface area contributed by atoms with E-state index >= 15 is 0 Å². The van der Waals surface area contributed by atoms with Crippen molar-refractivity contribution in [1.29, 1.82) is 0 Å². The van der Waals surface area contributed by atoms with E-state index in [1.54, 1.807) is 23.1 Å². The van der Waals surface area contributed by atoms with E-state index in [4.69, 9.17) is 0 Å². The van der Waals surface area contributed by atoms with Crippen molar-refractivity contribution in [2.45, 2.75) is 24.2 Å². The van der Waals surface area contributed by atoms with Crippen molar-refractivity contribution in [2.24, 2.45) is 0 Å². The fourth-order valence-electron chi connectivity index (χ4n) is 3.46. The number of carbonyl (C=O) groups is 2. The lowest BCUT2D eigenvalue weighted by atomic mass is 10.1. The maximum Gasteiger partial charge on any atom is 0.241 e. The largest absolute Gasteiger partial charge is 0.311 e. The Bertz CT molecular complexity index is 1220. The van der Waals surface area contributed by atoms with Gasteiger partial charge in [0.2, 0.25) is 16.9 Å². The number of nitrogens with zero attached hydrogens (tertiary/aromatic N) is 3. The summed E-state index contributed by atoms with van der Waals surface area (Å²) in [5.41, 5.74) is 1.89. The molecule has 1 atom stereocenters. The summed E-state index contributed by atoms with van der Waals surface area (Å²) in [6, 6.07) is 15.5. The van der Waals surface area contributed by atoms with E-state index < -0.39 is 21.5 Å². The Hall–Kier alpha value is -3.11. The van der Waals surface area contributed by atoms with Crippen LogP contribution in [0.1, 0.15) is 22.9 Å². The van der Waals surface area contributed by atoms with Gasteiger partial charge in [0.1, 0.15) is 10.8 Å². The molecule has 2 aromatic carbocycles. The Balaban J connectivity index is 1.41. The zero-order valence-corrected chi connectivity index (χ0v) is 18.3. The highest BCUT2D eigenvalue weighted by atomic mass is 32.2. The third kappa shape index (κ3) is 4.64. The lowest BCUT2D eigenvalue weighted by Gasteiger charge is -2.18. The summed E-state index contributed by atoms with van der Waals surface area (Å²) in [4.78, 5) is 26.6. The van der Waals surface area contributed by atoms with Crippen LogP contribution in [-0.4, -0.2) is 42.7 Å². The van der Waals surface area contributed by atoms with Crippen molar-refractivity contribution in [2.75, 3.05) is 22.5 Å². The van der Waals surface area contributed by atoms with Crippen LogP contribution < -0.4 is 10.2 Å². The second-order valence-corrected chi connectivity index (χ2v) is 10.3. The molecule has 160 valence electrons. The van der Waals surface area contributed by atoms with Crippen molar-refractivity contribution in [3.8, 4) is 0 Å². The number of anilines is 2. The van der Waals surface area contributed by atoms with Gasteiger partial charge in [0, 0.05) is 24.6 Å². The van der Waals surface area contributed by atoms with E-state index in [0.717, 1.165) is 22.6 Å². The lowest BCUT2D eigenvalue weighted by Crippen LogP contribution is -2.25. The van der Waals surface area contributed by atoms with Crippen molar-refractivity contribution in [3.05, 3.63) is 65.2 Å². The molecule has 1 aliphatic rings. The highest BCUT2D eigenvalue weighted by molar-refractivity contribution is 7.92. The Kier molecular flexibility index (Phi) is 5.84. The molecule has 0 aliphatic carbocycles. The van der Waals surface area contributed by atoms with Crippen LogP contribution in [0.2, 0.25) is 0 Å². The van der Waals surface area contributed by atoms with Crippen LogP contribution >= 0.6 is 11.3 Å². The summed E-state index contributed by atoms with van der Waals surface area (Å²) in [6.07, 6.45) is 0.305. The number of para-hydroxylation sites is 1. The van der Waals surface area contributed by atoms with E-state index in [-0.39, 0.29) is 21.9 Å². The highest BCUT2D eigenvalue weighted by Gasteiger charge is 2.34. The van der Waals surface area contributed by atoms with Gasteiger partial charge in [0.25, 0.3) is 0 Å². The van der Waals surface area contributed by atoms with Gasteiger partial charge in [-0.15, -0.1) is 10.2 Å². The SMILES string of the molecule is Cc1ccccc1N1C[C@@H](c2nnc(NC(=O)CS(=O)(=O)c3ccccc3)s2)CC1=O. The van der Waals surface area contributed by atoms with E-state index in [1.165, 1.54) is 12.1 Å². The Labute approximate surface area is 183 Å². The Morgan fingerprint density at radius 2 is 1.84 bits per heavy atom. The van der Waals surface area contributed by atoms with E-state index in [2.05, 4.69) is 15.5 Å². The molecule has 4 rings (SSSR count). The molecule has 0 spiro atoms. The average molecular weight is 457 g/mol. The average Bonchev–Trinajstić information content (AvgIpc) is 3.35. The molecule has 1 aromatic heterocycles. The van der Waals surface area contributed by atoms with Gasteiger partial charge in [0.05, 0.1) is 4.90 Å². The lowest BCUT2D eigenvalue weighted by molar-refractivity contribution is -0.117. The topological polar surface area (TPSA) is 109 Å². The first-order chi connectivity index (χ1) is 14.8. The van der Waals surface area contributed by atoms with Crippen molar-refractivity contribution < 1.29 is 18.0 Å². The number of hydrogen-bond acceptors (Lipinski definition) is 7. The predicted octanol–water partition coefficient (Wildman–Crippen LogP) is 2.78. The number of sulfone groups is 1. The van der Waals surface area contributed by atoms with Crippen LogP contribution in [0.25, 0.3) is 0 Å². The first-order valence-corrected chi connectivity index (χ1v) is 12.1. The van der Waals surface area contributed by atoms with Gasteiger partial charge >= 0.3 is 0 Å². The van der Waals surface area contributed by atoms with E-state index in [1.807, 2.05) is 31.2 Å². The zero-order valence-electron chi connectivity index (χ0n) is 16.7. The molecule has 1 saturated heterocycles. The van der Waals surface area contributed by atoms with Gasteiger partial charge in [-0.1, -0.05) is 47.7 Å². The monoisotopic (exact) mass is 456 g/mol. The molecule has 1 fully saturated rings. The molecule has 0 radical (unpaired) electrons. The number of aryl methyl sites for hydroxylation is 1.